The summed E-state index contributed by atoms with van der Waals surface area (Å²) in [5.41, 5.74) is 0. The molecule has 0 unspecified atom stereocenters. The van der Waals surface area contributed by atoms with Gasteiger partial charge in [0, 0.05) is 6.61 Å². The van der Waals surface area contributed by atoms with E-state index < -0.39 is 8.32 Å². The van der Waals surface area contributed by atoms with Gasteiger partial charge in [-0.3, -0.25) is 0 Å². The first-order valence-electron chi connectivity index (χ1n) is 11.9. The molecule has 0 N–H and O–H groups in total. The lowest BCUT2D eigenvalue weighted by Gasteiger charge is -2.43. The highest BCUT2D eigenvalue weighted by Gasteiger charge is 2.49. The van der Waals surface area contributed by atoms with Crippen LogP contribution in [0.25, 0.3) is 0 Å². The van der Waals surface area contributed by atoms with Gasteiger partial charge in [0.15, 0.2) is 0 Å². The van der Waals surface area contributed by atoms with Crippen LogP contribution >= 0.6 is 31.9 Å². The molecule has 0 bridgehead atoms. The van der Waals surface area contributed by atoms with Crippen molar-refractivity contribution in [1.29, 1.82) is 0 Å². The van der Waals surface area contributed by atoms with Crippen LogP contribution in [0.5, 0.6) is 0 Å². The molecule has 2 rings (SSSR count). The Bertz CT molecular complexity index is 674. The number of rotatable bonds is 14. The molecule has 172 valence electrons. The van der Waals surface area contributed by atoms with E-state index in [1.165, 1.54) is 61.7 Å². The molecule has 2 aromatic carbocycles. The lowest BCUT2D eigenvalue weighted by atomic mass is 10.1. The van der Waals surface area contributed by atoms with Crippen LogP contribution in [-0.2, 0) is 4.43 Å². The van der Waals surface area contributed by atoms with Crippen molar-refractivity contribution in [1.82, 2.24) is 0 Å². The molecule has 2 aromatic rings. The summed E-state index contributed by atoms with van der Waals surface area (Å²) < 4.78 is 7.46. The standard InChI is InChI=1S/C27H40Br2OSi/c1-27(2,3)31(24-18-12-10-13-19-24,25-20-14-11-15-21-25)30-23-17-9-7-5-4-6-8-16-22-26(28)29/h10-15,18-21,26H,4-9,16-17,22-23H2,1-3H3. The summed E-state index contributed by atoms with van der Waals surface area (Å²) in [6.07, 6.45) is 11.7. The van der Waals surface area contributed by atoms with Gasteiger partial charge < -0.3 is 4.43 Å². The highest BCUT2D eigenvalue weighted by atomic mass is 79.9. The van der Waals surface area contributed by atoms with Gasteiger partial charge in [0.2, 0.25) is 0 Å². The highest BCUT2D eigenvalue weighted by molar-refractivity contribution is 9.24. The lowest BCUT2D eigenvalue weighted by Crippen LogP contribution is -2.66. The zero-order chi connectivity index (χ0) is 22.6. The van der Waals surface area contributed by atoms with Crippen LogP contribution in [0, 0.1) is 0 Å². The maximum absolute atomic E-state index is 6.98. The van der Waals surface area contributed by atoms with E-state index in [2.05, 4.69) is 113 Å². The summed E-state index contributed by atoms with van der Waals surface area (Å²) in [5.74, 6) is 0. The Balaban J connectivity index is 1.89. The van der Waals surface area contributed by atoms with E-state index in [9.17, 15) is 0 Å². The molecule has 1 nitrogen and oxygen atoms in total. The maximum Gasteiger partial charge on any atom is 0.261 e. The normalized spacial score (nSPS) is 12.5. The SMILES string of the molecule is CC(C)(C)[Si](OCCCCCCCCCCC(Br)Br)(c1ccccc1)c1ccccc1. The Morgan fingerprint density at radius 2 is 1.10 bits per heavy atom. The predicted octanol–water partition coefficient (Wildman–Crippen LogP) is 8.19. The van der Waals surface area contributed by atoms with Crippen molar-refractivity contribution in [2.75, 3.05) is 6.61 Å². The largest absolute Gasteiger partial charge is 0.407 e. The average Bonchev–Trinajstić information content (AvgIpc) is 2.75. The van der Waals surface area contributed by atoms with Crippen molar-refractivity contribution >= 4 is 50.6 Å². The van der Waals surface area contributed by atoms with Gasteiger partial charge in [-0.05, 0) is 28.3 Å². The molecular formula is C27H40Br2OSi. The Morgan fingerprint density at radius 3 is 1.52 bits per heavy atom. The van der Waals surface area contributed by atoms with Crippen LogP contribution < -0.4 is 10.4 Å². The van der Waals surface area contributed by atoms with Crippen LogP contribution in [0.1, 0.15) is 78.6 Å². The van der Waals surface area contributed by atoms with Crippen molar-refractivity contribution in [3.05, 3.63) is 60.7 Å². The first kappa shape index (κ1) is 26.8. The average molecular weight is 569 g/mol. The second-order valence-corrected chi connectivity index (χ2v) is 17.3. The molecule has 0 aliphatic carbocycles. The number of hydrogen-bond donors (Lipinski definition) is 0. The fourth-order valence-corrected chi connectivity index (χ4v) is 9.70. The number of hydrogen-bond acceptors (Lipinski definition) is 1. The number of unbranched alkanes of at least 4 members (excludes halogenated alkanes) is 7. The Morgan fingerprint density at radius 1 is 0.677 bits per heavy atom. The minimum Gasteiger partial charge on any atom is -0.407 e. The number of alkyl halides is 2. The van der Waals surface area contributed by atoms with E-state index in [0.717, 1.165) is 13.0 Å². The predicted molar refractivity (Wildman–Crippen MR) is 147 cm³/mol. The third-order valence-corrected chi connectivity index (χ3v) is 12.0. The number of benzene rings is 2. The van der Waals surface area contributed by atoms with Crippen LogP contribution in [0.15, 0.2) is 60.7 Å². The molecule has 0 saturated heterocycles. The van der Waals surface area contributed by atoms with Gasteiger partial charge in [-0.1, -0.05) is 158 Å². The van der Waals surface area contributed by atoms with E-state index in [4.69, 9.17) is 4.43 Å². The third-order valence-electron chi connectivity index (χ3n) is 6.05. The van der Waals surface area contributed by atoms with Gasteiger partial charge in [0.1, 0.15) is 0 Å². The Hall–Kier alpha value is -0.423. The van der Waals surface area contributed by atoms with Gasteiger partial charge >= 0.3 is 0 Å². The second-order valence-electron chi connectivity index (χ2n) is 9.52. The Labute approximate surface area is 208 Å². The second kappa shape index (κ2) is 14.0. The molecule has 0 saturated carbocycles. The lowest BCUT2D eigenvalue weighted by molar-refractivity contribution is 0.286. The monoisotopic (exact) mass is 566 g/mol. The summed E-state index contributed by atoms with van der Waals surface area (Å²) in [6, 6.07) is 21.9. The minimum absolute atomic E-state index is 0.0684. The highest BCUT2D eigenvalue weighted by Crippen LogP contribution is 2.36. The molecular weight excluding hydrogens is 528 g/mol. The molecule has 0 fully saturated rings. The van der Waals surface area contributed by atoms with E-state index in [1.807, 2.05) is 0 Å². The third kappa shape index (κ3) is 8.46. The van der Waals surface area contributed by atoms with Crippen LogP contribution in [-0.4, -0.2) is 18.7 Å². The summed E-state index contributed by atoms with van der Waals surface area (Å²) in [7, 11) is -2.36. The maximum atomic E-state index is 6.98. The topological polar surface area (TPSA) is 9.23 Å². The molecule has 0 atom stereocenters. The van der Waals surface area contributed by atoms with E-state index in [0.29, 0.717) is 3.74 Å². The fraction of sp³-hybridized carbons (Fsp3) is 0.556. The van der Waals surface area contributed by atoms with Gasteiger partial charge in [0.05, 0.1) is 3.74 Å². The van der Waals surface area contributed by atoms with Gasteiger partial charge in [-0.2, -0.15) is 0 Å². The van der Waals surface area contributed by atoms with Crippen LogP contribution in [0.2, 0.25) is 5.04 Å². The molecule has 0 aromatic heterocycles. The molecule has 0 aliphatic heterocycles. The van der Waals surface area contributed by atoms with Crippen molar-refractivity contribution in [2.24, 2.45) is 0 Å². The summed E-state index contributed by atoms with van der Waals surface area (Å²) in [5, 5.41) is 2.82. The molecule has 0 radical (unpaired) electrons. The van der Waals surface area contributed by atoms with Gasteiger partial charge in [0.25, 0.3) is 8.32 Å². The molecule has 0 spiro atoms. The minimum atomic E-state index is -2.36. The van der Waals surface area contributed by atoms with Crippen LogP contribution in [0.4, 0.5) is 0 Å². The van der Waals surface area contributed by atoms with Crippen LogP contribution in [0.3, 0.4) is 0 Å². The summed E-state index contributed by atoms with van der Waals surface area (Å²) >= 11 is 7.11. The number of halogens is 2. The van der Waals surface area contributed by atoms with E-state index in [1.54, 1.807) is 0 Å². The van der Waals surface area contributed by atoms with Crippen molar-refractivity contribution in [2.45, 2.75) is 87.3 Å². The quantitative estimate of drug-likeness (QED) is 0.127. The summed E-state index contributed by atoms with van der Waals surface area (Å²) in [6.45, 7) is 7.91. The molecule has 31 heavy (non-hydrogen) atoms. The zero-order valence-electron chi connectivity index (χ0n) is 19.6. The molecule has 0 amide bonds. The van der Waals surface area contributed by atoms with Crippen molar-refractivity contribution in [3.8, 4) is 0 Å². The fourth-order valence-electron chi connectivity index (χ4n) is 4.45. The molecule has 0 aliphatic rings. The first-order chi connectivity index (χ1) is 14.9. The van der Waals surface area contributed by atoms with E-state index in [-0.39, 0.29) is 5.04 Å². The van der Waals surface area contributed by atoms with E-state index >= 15 is 0 Å². The summed E-state index contributed by atoms with van der Waals surface area (Å²) in [4.78, 5) is 0. The smallest absolute Gasteiger partial charge is 0.261 e. The zero-order valence-corrected chi connectivity index (χ0v) is 23.8. The molecule has 4 heteroatoms. The first-order valence-corrected chi connectivity index (χ1v) is 15.6. The van der Waals surface area contributed by atoms with Crippen molar-refractivity contribution in [3.63, 3.8) is 0 Å². The van der Waals surface area contributed by atoms with Gasteiger partial charge in [-0.15, -0.1) is 0 Å². The molecule has 0 heterocycles. The van der Waals surface area contributed by atoms with Crippen molar-refractivity contribution < 1.29 is 4.43 Å². The Kier molecular flexibility index (Phi) is 12.1. The van der Waals surface area contributed by atoms with Gasteiger partial charge in [-0.25, -0.2) is 0 Å².